The van der Waals surface area contributed by atoms with E-state index in [9.17, 15) is 0 Å². The monoisotopic (exact) mass is 387 g/mol. The zero-order chi connectivity index (χ0) is 18.9. The summed E-state index contributed by atoms with van der Waals surface area (Å²) in [5.41, 5.74) is 2.57. The number of anilines is 1. The summed E-state index contributed by atoms with van der Waals surface area (Å²) in [5, 5.41) is 14.8. The van der Waals surface area contributed by atoms with Gasteiger partial charge in [-0.15, -0.1) is 10.2 Å². The van der Waals surface area contributed by atoms with Crippen LogP contribution in [-0.2, 0) is 19.5 Å². The van der Waals surface area contributed by atoms with Gasteiger partial charge in [0.05, 0.1) is 0 Å². The Hall–Kier alpha value is -2.22. The third-order valence-electron chi connectivity index (χ3n) is 4.65. The Labute approximate surface area is 165 Å². The molecule has 1 saturated heterocycles. The van der Waals surface area contributed by atoms with Gasteiger partial charge in [0.25, 0.3) is 0 Å². The largest absolute Gasteiger partial charge is 0.370 e. The quantitative estimate of drug-likeness (QED) is 0.557. The van der Waals surface area contributed by atoms with Crippen LogP contribution in [0.1, 0.15) is 18.3 Å². The maximum Gasteiger partial charge on any atom is 0.191 e. The van der Waals surface area contributed by atoms with Crippen LogP contribution in [-0.4, -0.2) is 58.9 Å². The maximum atomic E-state index is 4.30. The van der Waals surface area contributed by atoms with E-state index in [4.69, 9.17) is 0 Å². The van der Waals surface area contributed by atoms with Crippen molar-refractivity contribution in [2.45, 2.75) is 26.4 Å². The van der Waals surface area contributed by atoms with E-state index >= 15 is 0 Å². The molecule has 0 saturated carbocycles. The predicted molar refractivity (Wildman–Crippen MR) is 114 cm³/mol. The number of guanidine groups is 1. The minimum absolute atomic E-state index is 0.753. The molecule has 0 aliphatic carbocycles. The number of nitrogens with zero attached hydrogens (tertiary/aromatic N) is 5. The molecule has 1 aromatic heterocycles. The Morgan fingerprint density at radius 2 is 1.96 bits per heavy atom. The van der Waals surface area contributed by atoms with E-state index in [2.05, 4.69) is 66.5 Å². The average molecular weight is 388 g/mol. The first-order chi connectivity index (χ1) is 13.3. The van der Waals surface area contributed by atoms with E-state index in [1.807, 2.05) is 11.8 Å². The van der Waals surface area contributed by atoms with Crippen molar-refractivity contribution in [3.05, 3.63) is 42.0 Å². The molecule has 1 aliphatic heterocycles. The number of hydrogen-bond donors (Lipinski definition) is 2. The van der Waals surface area contributed by atoms with Crippen molar-refractivity contribution in [2.75, 3.05) is 43.1 Å². The molecule has 2 N–H and O–H groups in total. The fraction of sp³-hybridized carbons (Fsp3) is 0.526. The van der Waals surface area contributed by atoms with Crippen LogP contribution < -0.4 is 15.5 Å². The van der Waals surface area contributed by atoms with Crippen LogP contribution in [0.15, 0.2) is 35.6 Å². The minimum atomic E-state index is 0.753. The summed E-state index contributed by atoms with van der Waals surface area (Å²) in [4.78, 5) is 6.76. The van der Waals surface area contributed by atoms with Crippen molar-refractivity contribution in [1.82, 2.24) is 25.4 Å². The van der Waals surface area contributed by atoms with E-state index in [-0.39, 0.29) is 0 Å². The zero-order valence-electron chi connectivity index (χ0n) is 16.2. The Balaban J connectivity index is 1.43. The molecule has 0 spiro atoms. The molecule has 146 valence electrons. The van der Waals surface area contributed by atoms with Crippen LogP contribution in [0.25, 0.3) is 0 Å². The van der Waals surface area contributed by atoms with Crippen LogP contribution in [0.4, 0.5) is 5.69 Å². The molecular formula is C19H29N7S. The van der Waals surface area contributed by atoms with Crippen molar-refractivity contribution < 1.29 is 0 Å². The molecule has 1 aromatic carbocycles. The Bertz CT molecular complexity index is 720. The smallest absolute Gasteiger partial charge is 0.191 e. The summed E-state index contributed by atoms with van der Waals surface area (Å²) in [7, 11) is 1.79. The van der Waals surface area contributed by atoms with Gasteiger partial charge in [0.15, 0.2) is 5.96 Å². The van der Waals surface area contributed by atoms with E-state index in [1.54, 1.807) is 13.4 Å². The lowest BCUT2D eigenvalue weighted by Gasteiger charge is -2.28. The number of thioether (sulfide) groups is 1. The molecule has 8 heteroatoms. The summed E-state index contributed by atoms with van der Waals surface area (Å²) in [6, 6.07) is 8.84. The molecule has 1 fully saturated rings. The molecule has 3 rings (SSSR count). The lowest BCUT2D eigenvalue weighted by molar-refractivity contribution is 0.632. The second kappa shape index (κ2) is 10.2. The van der Waals surface area contributed by atoms with Crippen molar-refractivity contribution in [1.29, 1.82) is 0 Å². The fourth-order valence-electron chi connectivity index (χ4n) is 3.09. The first-order valence-corrected chi connectivity index (χ1v) is 10.7. The number of benzene rings is 1. The molecule has 2 heterocycles. The van der Waals surface area contributed by atoms with Gasteiger partial charge in [-0.2, -0.15) is 11.8 Å². The third-order valence-corrected chi connectivity index (χ3v) is 5.60. The lowest BCUT2D eigenvalue weighted by Crippen LogP contribution is -2.38. The van der Waals surface area contributed by atoms with Gasteiger partial charge < -0.3 is 20.1 Å². The Kier molecular flexibility index (Phi) is 7.38. The number of nitrogens with one attached hydrogen (secondary N) is 2. The van der Waals surface area contributed by atoms with Gasteiger partial charge in [0.1, 0.15) is 12.2 Å². The summed E-state index contributed by atoms with van der Waals surface area (Å²) in [6.45, 7) is 6.72. The molecule has 2 aromatic rings. The highest BCUT2D eigenvalue weighted by Crippen LogP contribution is 2.19. The molecule has 0 atom stereocenters. The standard InChI is InChI=1S/C19H29N7S/c1-3-18-24-23-15-26(18)9-8-21-19(20-2)22-14-16-4-6-17(7-5-16)25-10-12-27-13-11-25/h4-7,15H,3,8-14H2,1-2H3,(H2,20,21,22). The highest BCUT2D eigenvalue weighted by molar-refractivity contribution is 7.99. The highest BCUT2D eigenvalue weighted by atomic mass is 32.2. The average Bonchev–Trinajstić information content (AvgIpc) is 3.19. The van der Waals surface area contributed by atoms with Crippen molar-refractivity contribution in [2.24, 2.45) is 4.99 Å². The van der Waals surface area contributed by atoms with Gasteiger partial charge in [0.2, 0.25) is 0 Å². The van der Waals surface area contributed by atoms with Gasteiger partial charge in [0, 0.05) is 63.4 Å². The predicted octanol–water partition coefficient (Wildman–Crippen LogP) is 1.76. The molecule has 27 heavy (non-hydrogen) atoms. The van der Waals surface area contributed by atoms with Gasteiger partial charge in [-0.1, -0.05) is 19.1 Å². The fourth-order valence-corrected chi connectivity index (χ4v) is 3.99. The first kappa shape index (κ1) is 19.5. The topological polar surface area (TPSA) is 70.4 Å². The van der Waals surface area contributed by atoms with Crippen LogP contribution in [0.2, 0.25) is 0 Å². The molecule has 0 amide bonds. The Morgan fingerprint density at radius 1 is 1.19 bits per heavy atom. The van der Waals surface area contributed by atoms with Gasteiger partial charge >= 0.3 is 0 Å². The normalized spacial score (nSPS) is 15.0. The molecular weight excluding hydrogens is 358 g/mol. The SMILES string of the molecule is CCc1nncn1CCNC(=NC)NCc1ccc(N2CCSCC2)cc1. The van der Waals surface area contributed by atoms with E-state index in [1.165, 1.54) is 22.8 Å². The van der Waals surface area contributed by atoms with Gasteiger partial charge in [-0.3, -0.25) is 4.99 Å². The van der Waals surface area contributed by atoms with Crippen LogP contribution in [0.3, 0.4) is 0 Å². The lowest BCUT2D eigenvalue weighted by atomic mass is 10.2. The van der Waals surface area contributed by atoms with Crippen LogP contribution >= 0.6 is 11.8 Å². The van der Waals surface area contributed by atoms with Crippen LogP contribution in [0, 0.1) is 0 Å². The van der Waals surface area contributed by atoms with Crippen LogP contribution in [0.5, 0.6) is 0 Å². The number of aromatic nitrogens is 3. The summed E-state index contributed by atoms with van der Waals surface area (Å²) >= 11 is 2.04. The number of hydrogen-bond acceptors (Lipinski definition) is 5. The molecule has 0 unspecified atom stereocenters. The highest BCUT2D eigenvalue weighted by Gasteiger charge is 2.10. The number of aryl methyl sites for hydroxylation is 1. The number of rotatable bonds is 7. The molecule has 1 aliphatic rings. The summed E-state index contributed by atoms with van der Waals surface area (Å²) < 4.78 is 2.07. The minimum Gasteiger partial charge on any atom is -0.370 e. The van der Waals surface area contributed by atoms with Crippen molar-refractivity contribution >= 4 is 23.4 Å². The molecule has 0 radical (unpaired) electrons. The van der Waals surface area contributed by atoms with Crippen molar-refractivity contribution in [3.8, 4) is 0 Å². The summed E-state index contributed by atoms with van der Waals surface area (Å²) in [6.07, 6.45) is 2.67. The summed E-state index contributed by atoms with van der Waals surface area (Å²) in [5.74, 6) is 4.26. The zero-order valence-corrected chi connectivity index (χ0v) is 17.0. The van der Waals surface area contributed by atoms with Gasteiger partial charge in [-0.05, 0) is 17.7 Å². The van der Waals surface area contributed by atoms with Crippen molar-refractivity contribution in [3.63, 3.8) is 0 Å². The first-order valence-electron chi connectivity index (χ1n) is 9.53. The van der Waals surface area contributed by atoms with E-state index < -0.39 is 0 Å². The molecule has 7 nitrogen and oxygen atoms in total. The molecule has 0 bridgehead atoms. The maximum absolute atomic E-state index is 4.30. The van der Waals surface area contributed by atoms with E-state index in [0.717, 1.165) is 50.9 Å². The third kappa shape index (κ3) is 5.63. The number of aliphatic imine (C=N–C) groups is 1. The second-order valence-corrected chi connectivity index (χ2v) is 7.64. The van der Waals surface area contributed by atoms with Gasteiger partial charge in [-0.25, -0.2) is 0 Å². The second-order valence-electron chi connectivity index (χ2n) is 6.41. The Morgan fingerprint density at radius 3 is 2.67 bits per heavy atom. The van der Waals surface area contributed by atoms with E-state index in [0.29, 0.717) is 0 Å².